The molecule has 3 heterocycles. The maximum absolute atomic E-state index is 9.33. The lowest BCUT2D eigenvalue weighted by Gasteiger charge is -2.08. The van der Waals surface area contributed by atoms with Crippen LogP contribution in [0.1, 0.15) is 19.0 Å². The molecule has 0 spiro atoms. The van der Waals surface area contributed by atoms with E-state index in [9.17, 15) is 5.11 Å². The smallest absolute Gasteiger partial charge is 0.119 e. The zero-order valence-electron chi connectivity index (χ0n) is 15.9. The Morgan fingerprint density at radius 2 is 2.00 bits per heavy atom. The molecule has 4 aromatic rings. The highest BCUT2D eigenvalue weighted by atomic mass is 35.5. The Labute approximate surface area is 168 Å². The van der Waals surface area contributed by atoms with E-state index in [0.29, 0.717) is 5.02 Å². The Bertz CT molecular complexity index is 1100. The molecule has 0 aliphatic heterocycles. The van der Waals surface area contributed by atoms with Gasteiger partial charge in [0.2, 0.25) is 0 Å². The lowest BCUT2D eigenvalue weighted by atomic mass is 10.0. The molecule has 0 aliphatic carbocycles. The van der Waals surface area contributed by atoms with Crippen molar-refractivity contribution < 1.29 is 5.11 Å². The van der Waals surface area contributed by atoms with Gasteiger partial charge in [-0.2, -0.15) is 10.2 Å². The van der Waals surface area contributed by atoms with Crippen LogP contribution in [0.25, 0.3) is 33.4 Å². The van der Waals surface area contributed by atoms with Crippen LogP contribution in [0.4, 0.5) is 0 Å². The highest BCUT2D eigenvalue weighted by Crippen LogP contribution is 2.32. The molecule has 0 saturated heterocycles. The molecule has 2 N–H and O–H groups in total. The summed E-state index contributed by atoms with van der Waals surface area (Å²) < 4.78 is 1.76. The van der Waals surface area contributed by atoms with E-state index in [2.05, 4.69) is 21.4 Å². The van der Waals surface area contributed by atoms with Crippen LogP contribution < -0.4 is 0 Å². The van der Waals surface area contributed by atoms with Crippen LogP contribution in [0.3, 0.4) is 0 Å². The Morgan fingerprint density at radius 3 is 2.68 bits per heavy atom. The van der Waals surface area contributed by atoms with Gasteiger partial charge < -0.3 is 5.11 Å². The first-order valence-electron chi connectivity index (χ1n) is 9.29. The predicted molar refractivity (Wildman–Crippen MR) is 111 cm³/mol. The molecule has 0 saturated carbocycles. The van der Waals surface area contributed by atoms with Crippen molar-refractivity contribution in [3.05, 3.63) is 53.4 Å². The first-order valence-corrected chi connectivity index (χ1v) is 9.66. The van der Waals surface area contributed by atoms with Gasteiger partial charge in [0.25, 0.3) is 0 Å². The van der Waals surface area contributed by atoms with Crippen molar-refractivity contribution in [2.45, 2.75) is 19.8 Å². The summed E-state index contributed by atoms with van der Waals surface area (Å²) in [5, 5.41) is 23.1. The number of pyridine rings is 1. The van der Waals surface area contributed by atoms with Crippen molar-refractivity contribution in [2.75, 3.05) is 6.61 Å². The van der Waals surface area contributed by atoms with E-state index < -0.39 is 0 Å². The number of benzene rings is 1. The van der Waals surface area contributed by atoms with E-state index >= 15 is 0 Å². The number of aromatic nitrogens is 5. The number of hydrogen-bond acceptors (Lipinski definition) is 4. The molecular formula is C21H22ClN5O. The molecule has 0 fully saturated rings. The van der Waals surface area contributed by atoms with Crippen LogP contribution in [0.5, 0.6) is 0 Å². The normalized spacial score (nSPS) is 12.6. The number of hydrogen-bond donors (Lipinski definition) is 2. The number of aromatic amines is 1. The minimum Gasteiger partial charge on any atom is -0.396 e. The number of nitrogens with one attached hydrogen (secondary N) is 1. The third-order valence-electron chi connectivity index (χ3n) is 4.94. The summed E-state index contributed by atoms with van der Waals surface area (Å²) in [6.07, 6.45) is 5.44. The Kier molecular flexibility index (Phi) is 5.15. The molecule has 0 aliphatic rings. The van der Waals surface area contributed by atoms with Crippen molar-refractivity contribution in [2.24, 2.45) is 13.0 Å². The van der Waals surface area contributed by atoms with Gasteiger partial charge in [-0.3, -0.25) is 9.78 Å². The number of rotatable bonds is 6. The second-order valence-electron chi connectivity index (χ2n) is 7.19. The van der Waals surface area contributed by atoms with E-state index in [4.69, 9.17) is 16.6 Å². The lowest BCUT2D eigenvalue weighted by molar-refractivity contribution is 0.230. The van der Waals surface area contributed by atoms with Gasteiger partial charge in [-0.05, 0) is 37.0 Å². The highest BCUT2D eigenvalue weighted by molar-refractivity contribution is 6.30. The van der Waals surface area contributed by atoms with Gasteiger partial charge >= 0.3 is 0 Å². The molecule has 4 rings (SSSR count). The predicted octanol–water partition coefficient (Wildman–Crippen LogP) is 4.24. The second kappa shape index (κ2) is 7.73. The molecule has 0 unspecified atom stereocenters. The van der Waals surface area contributed by atoms with Gasteiger partial charge in [-0.15, -0.1) is 0 Å². The van der Waals surface area contributed by atoms with Crippen LogP contribution in [-0.4, -0.2) is 36.7 Å². The van der Waals surface area contributed by atoms with Gasteiger partial charge in [-0.25, -0.2) is 4.98 Å². The largest absolute Gasteiger partial charge is 0.396 e. The number of nitrogens with zero attached hydrogens (tertiary/aromatic N) is 4. The van der Waals surface area contributed by atoms with Gasteiger partial charge in [0.05, 0.1) is 11.9 Å². The van der Waals surface area contributed by atoms with Gasteiger partial charge in [0.1, 0.15) is 11.2 Å². The van der Waals surface area contributed by atoms with Gasteiger partial charge in [0, 0.05) is 47.1 Å². The number of aliphatic hydroxyl groups is 1. The molecule has 0 radical (unpaired) electrons. The Morgan fingerprint density at radius 1 is 1.21 bits per heavy atom. The fraction of sp³-hybridized carbons (Fsp3) is 0.286. The van der Waals surface area contributed by atoms with Crippen molar-refractivity contribution >= 4 is 22.5 Å². The van der Waals surface area contributed by atoms with E-state index in [1.54, 1.807) is 10.9 Å². The number of fused-ring (bicyclic) bond motifs is 1. The van der Waals surface area contributed by atoms with E-state index in [-0.39, 0.29) is 12.5 Å². The van der Waals surface area contributed by atoms with Crippen molar-refractivity contribution in [1.29, 1.82) is 0 Å². The SMILES string of the molecule is C[C@@H](CO)CCc1[nH]nc2c(-c3cnn(C)c3)nc(-c3ccc(Cl)cc3)cc12. The molecule has 6 nitrogen and oxygen atoms in total. The minimum atomic E-state index is 0.185. The third kappa shape index (κ3) is 3.66. The van der Waals surface area contributed by atoms with Crippen molar-refractivity contribution in [1.82, 2.24) is 25.0 Å². The van der Waals surface area contributed by atoms with Crippen LogP contribution in [0, 0.1) is 5.92 Å². The zero-order valence-corrected chi connectivity index (χ0v) is 16.6. The molecule has 0 amide bonds. The fourth-order valence-electron chi connectivity index (χ4n) is 3.25. The van der Waals surface area contributed by atoms with Crippen LogP contribution in [0.15, 0.2) is 42.7 Å². The van der Waals surface area contributed by atoms with Gasteiger partial charge in [0.15, 0.2) is 0 Å². The average Bonchev–Trinajstić information content (AvgIpc) is 3.32. The molecular weight excluding hydrogens is 374 g/mol. The minimum absolute atomic E-state index is 0.185. The van der Waals surface area contributed by atoms with E-state index in [0.717, 1.165) is 52.0 Å². The summed E-state index contributed by atoms with van der Waals surface area (Å²) >= 11 is 6.05. The van der Waals surface area contributed by atoms with Gasteiger partial charge in [-0.1, -0.05) is 30.7 Å². The summed E-state index contributed by atoms with van der Waals surface area (Å²) in [6.45, 7) is 2.23. The number of halogens is 1. The lowest BCUT2D eigenvalue weighted by Crippen LogP contribution is -2.02. The summed E-state index contributed by atoms with van der Waals surface area (Å²) in [4.78, 5) is 4.89. The Balaban J connectivity index is 1.86. The van der Waals surface area contributed by atoms with Crippen molar-refractivity contribution in [3.63, 3.8) is 0 Å². The van der Waals surface area contributed by atoms with E-state index in [1.165, 1.54) is 0 Å². The molecule has 1 aromatic carbocycles. The van der Waals surface area contributed by atoms with E-state index in [1.807, 2.05) is 44.4 Å². The third-order valence-corrected chi connectivity index (χ3v) is 5.19. The first kappa shape index (κ1) is 18.7. The fourth-order valence-corrected chi connectivity index (χ4v) is 3.38. The maximum atomic E-state index is 9.33. The van der Waals surface area contributed by atoms with Crippen LogP contribution in [0.2, 0.25) is 5.02 Å². The summed E-state index contributed by atoms with van der Waals surface area (Å²) in [7, 11) is 1.88. The molecule has 3 aromatic heterocycles. The first-order chi connectivity index (χ1) is 13.5. The topological polar surface area (TPSA) is 79.6 Å². The zero-order chi connectivity index (χ0) is 19.7. The maximum Gasteiger partial charge on any atom is 0.119 e. The molecule has 7 heteroatoms. The molecule has 28 heavy (non-hydrogen) atoms. The Hall–Kier alpha value is -2.70. The summed E-state index contributed by atoms with van der Waals surface area (Å²) in [5.74, 6) is 0.244. The summed E-state index contributed by atoms with van der Waals surface area (Å²) in [6, 6.07) is 9.74. The van der Waals surface area contributed by atoms with Crippen LogP contribution in [-0.2, 0) is 13.5 Å². The van der Waals surface area contributed by atoms with Crippen LogP contribution >= 0.6 is 11.6 Å². The quantitative estimate of drug-likeness (QED) is 0.511. The monoisotopic (exact) mass is 395 g/mol. The number of aliphatic hydroxyl groups excluding tert-OH is 1. The number of H-pyrrole nitrogens is 1. The number of aryl methyl sites for hydroxylation is 2. The second-order valence-corrected chi connectivity index (χ2v) is 7.63. The highest BCUT2D eigenvalue weighted by Gasteiger charge is 2.17. The standard InChI is InChI=1S/C21H22ClN5O/c1-13(12-28)3-8-18-17-9-19(14-4-6-16(22)7-5-14)24-20(21(17)26-25-18)15-10-23-27(2)11-15/h4-7,9-11,13,28H,3,8,12H2,1-2H3,(H,25,26)/t13-/m1/s1. The molecule has 0 bridgehead atoms. The summed E-state index contributed by atoms with van der Waals surface area (Å²) in [5.41, 5.74) is 5.46. The molecule has 1 atom stereocenters. The molecule has 144 valence electrons. The average molecular weight is 396 g/mol. The van der Waals surface area contributed by atoms with Crippen molar-refractivity contribution in [3.8, 4) is 22.5 Å².